The lowest BCUT2D eigenvalue weighted by atomic mass is 9.73. The van der Waals surface area contributed by atoms with Gasteiger partial charge in [-0.05, 0) is 67.9 Å². The van der Waals surface area contributed by atoms with Crippen molar-refractivity contribution in [3.05, 3.63) is 58.2 Å². The van der Waals surface area contributed by atoms with Crippen molar-refractivity contribution >= 4 is 17.9 Å². The van der Waals surface area contributed by atoms with Crippen molar-refractivity contribution < 1.29 is 4.79 Å². The molecule has 0 heterocycles. The molecule has 0 aromatic carbocycles. The molecule has 0 saturated heterocycles. The van der Waals surface area contributed by atoms with Gasteiger partial charge in [-0.2, -0.15) is 0 Å². The van der Waals surface area contributed by atoms with E-state index in [0.717, 1.165) is 11.9 Å². The molecule has 0 radical (unpaired) electrons. The molecule has 114 valence electrons. The molecule has 0 bridgehead atoms. The zero-order valence-corrected chi connectivity index (χ0v) is 14.2. The van der Waals surface area contributed by atoms with Crippen LogP contribution in [0.5, 0.6) is 0 Å². The topological polar surface area (TPSA) is 17.1 Å². The number of hydrogen-bond donors (Lipinski definition) is 0. The van der Waals surface area contributed by atoms with Crippen molar-refractivity contribution in [1.82, 2.24) is 0 Å². The number of rotatable bonds is 5. The smallest absolute Gasteiger partial charge is 0.143 e. The first-order chi connectivity index (χ1) is 9.86. The third-order valence-corrected chi connectivity index (χ3v) is 4.15. The molecule has 1 rings (SSSR count). The first-order valence-corrected chi connectivity index (χ1v) is 7.79. The van der Waals surface area contributed by atoms with Crippen LogP contribution in [0, 0.1) is 5.41 Å². The molecule has 0 aliphatic heterocycles. The maximum absolute atomic E-state index is 10.3. The van der Waals surface area contributed by atoms with Gasteiger partial charge in [0.25, 0.3) is 0 Å². The molecule has 1 aliphatic carbocycles. The average Bonchev–Trinajstić information content (AvgIpc) is 2.37. The normalized spacial score (nSPS) is 20.6. The SMILES string of the molecule is CC1=C(/C=C/C(Cl)=C/C=C\C(C)=C\C=O)C(C)(C)CCC1. The number of aldehydes is 1. The van der Waals surface area contributed by atoms with Gasteiger partial charge in [-0.1, -0.05) is 49.2 Å². The van der Waals surface area contributed by atoms with Gasteiger partial charge >= 0.3 is 0 Å². The predicted octanol–water partition coefficient (Wildman–Crippen LogP) is 5.89. The summed E-state index contributed by atoms with van der Waals surface area (Å²) in [4.78, 5) is 10.3. The van der Waals surface area contributed by atoms with Gasteiger partial charge in [0, 0.05) is 5.03 Å². The molecule has 1 aliphatic rings. The van der Waals surface area contributed by atoms with Crippen molar-refractivity contribution in [2.45, 2.75) is 47.0 Å². The van der Waals surface area contributed by atoms with Crippen LogP contribution in [0.2, 0.25) is 0 Å². The predicted molar refractivity (Wildman–Crippen MR) is 92.4 cm³/mol. The van der Waals surface area contributed by atoms with Crippen LogP contribution in [-0.2, 0) is 4.79 Å². The molecule has 0 aromatic heterocycles. The molecule has 21 heavy (non-hydrogen) atoms. The van der Waals surface area contributed by atoms with Gasteiger partial charge in [0.1, 0.15) is 6.29 Å². The standard InChI is InChI=1S/C19H25ClO/c1-15(12-14-21)7-5-9-17(20)10-11-18-16(2)8-6-13-19(18,3)4/h5,7,9-12,14H,6,8,13H2,1-4H3/b7-5-,11-10+,15-12+,17-9-. The Balaban J connectivity index is 2.80. The highest BCUT2D eigenvalue weighted by Gasteiger charge is 2.26. The van der Waals surface area contributed by atoms with Gasteiger partial charge in [0.05, 0.1) is 0 Å². The van der Waals surface area contributed by atoms with Gasteiger partial charge < -0.3 is 0 Å². The Kier molecular flexibility index (Phi) is 6.91. The van der Waals surface area contributed by atoms with E-state index in [0.29, 0.717) is 5.03 Å². The summed E-state index contributed by atoms with van der Waals surface area (Å²) in [6, 6.07) is 0. The van der Waals surface area contributed by atoms with Gasteiger partial charge in [-0.3, -0.25) is 4.79 Å². The number of allylic oxidation sites excluding steroid dienone is 10. The minimum Gasteiger partial charge on any atom is -0.299 e. The van der Waals surface area contributed by atoms with Crippen molar-refractivity contribution in [2.24, 2.45) is 5.41 Å². The van der Waals surface area contributed by atoms with E-state index < -0.39 is 0 Å². The van der Waals surface area contributed by atoms with E-state index >= 15 is 0 Å². The molecule has 0 saturated carbocycles. The lowest BCUT2D eigenvalue weighted by Gasteiger charge is -2.32. The molecule has 0 aromatic rings. The Labute approximate surface area is 133 Å². The molecule has 0 fully saturated rings. The number of hydrogen-bond acceptors (Lipinski definition) is 1. The molecule has 0 amide bonds. The fraction of sp³-hybridized carbons (Fsp3) is 0.421. The average molecular weight is 305 g/mol. The fourth-order valence-electron chi connectivity index (χ4n) is 2.68. The van der Waals surface area contributed by atoms with Gasteiger partial charge in [-0.25, -0.2) is 0 Å². The lowest BCUT2D eigenvalue weighted by Crippen LogP contribution is -2.18. The Morgan fingerprint density at radius 1 is 1.24 bits per heavy atom. The molecule has 0 atom stereocenters. The van der Waals surface area contributed by atoms with Crippen LogP contribution in [-0.4, -0.2) is 6.29 Å². The monoisotopic (exact) mass is 304 g/mol. The van der Waals surface area contributed by atoms with E-state index in [1.54, 1.807) is 0 Å². The van der Waals surface area contributed by atoms with E-state index in [2.05, 4.69) is 26.8 Å². The highest BCUT2D eigenvalue weighted by atomic mass is 35.5. The fourth-order valence-corrected chi connectivity index (χ4v) is 2.82. The second kappa shape index (κ2) is 8.19. The van der Waals surface area contributed by atoms with Crippen LogP contribution in [0.3, 0.4) is 0 Å². The molecule has 0 unspecified atom stereocenters. The molecular weight excluding hydrogens is 280 g/mol. The summed E-state index contributed by atoms with van der Waals surface area (Å²) in [6.07, 6.45) is 15.6. The summed E-state index contributed by atoms with van der Waals surface area (Å²) < 4.78 is 0. The Bertz CT molecular complexity index is 528. The van der Waals surface area contributed by atoms with Crippen LogP contribution in [0.15, 0.2) is 58.2 Å². The molecule has 0 spiro atoms. The summed E-state index contributed by atoms with van der Waals surface area (Å²) in [6.45, 7) is 8.67. The minimum absolute atomic E-state index is 0.231. The first kappa shape index (κ1) is 17.7. The molecular formula is C19H25ClO. The second-order valence-electron chi connectivity index (χ2n) is 6.22. The van der Waals surface area contributed by atoms with Crippen LogP contribution in [0.1, 0.15) is 47.0 Å². The van der Waals surface area contributed by atoms with Crippen molar-refractivity contribution in [3.63, 3.8) is 0 Å². The molecule has 0 N–H and O–H groups in total. The first-order valence-electron chi connectivity index (χ1n) is 7.41. The van der Waals surface area contributed by atoms with Gasteiger partial charge in [0.2, 0.25) is 0 Å². The molecule has 2 heteroatoms. The zero-order chi connectivity index (χ0) is 15.9. The van der Waals surface area contributed by atoms with E-state index in [1.165, 1.54) is 36.5 Å². The van der Waals surface area contributed by atoms with Crippen molar-refractivity contribution in [1.29, 1.82) is 0 Å². The lowest BCUT2D eigenvalue weighted by molar-refractivity contribution is -0.104. The molecule has 1 nitrogen and oxygen atoms in total. The van der Waals surface area contributed by atoms with E-state index in [9.17, 15) is 4.79 Å². The summed E-state index contributed by atoms with van der Waals surface area (Å²) >= 11 is 6.21. The van der Waals surface area contributed by atoms with E-state index in [4.69, 9.17) is 11.6 Å². The Morgan fingerprint density at radius 3 is 2.57 bits per heavy atom. The largest absolute Gasteiger partial charge is 0.299 e. The highest BCUT2D eigenvalue weighted by molar-refractivity contribution is 6.31. The van der Waals surface area contributed by atoms with Crippen molar-refractivity contribution in [2.75, 3.05) is 0 Å². The van der Waals surface area contributed by atoms with Gasteiger partial charge in [0.15, 0.2) is 0 Å². The van der Waals surface area contributed by atoms with E-state index in [1.807, 2.05) is 31.2 Å². The van der Waals surface area contributed by atoms with Gasteiger partial charge in [-0.15, -0.1) is 0 Å². The van der Waals surface area contributed by atoms with E-state index in [-0.39, 0.29) is 5.41 Å². The third kappa shape index (κ3) is 5.89. The summed E-state index contributed by atoms with van der Waals surface area (Å²) in [7, 11) is 0. The maximum Gasteiger partial charge on any atom is 0.143 e. The van der Waals surface area contributed by atoms with Crippen LogP contribution in [0.25, 0.3) is 0 Å². The Morgan fingerprint density at radius 2 is 1.95 bits per heavy atom. The highest BCUT2D eigenvalue weighted by Crippen LogP contribution is 2.40. The quantitative estimate of drug-likeness (QED) is 0.351. The summed E-state index contributed by atoms with van der Waals surface area (Å²) in [5.74, 6) is 0. The zero-order valence-electron chi connectivity index (χ0n) is 13.4. The summed E-state index contributed by atoms with van der Waals surface area (Å²) in [5.41, 5.74) is 4.00. The Hall–Kier alpha value is -1.34. The van der Waals surface area contributed by atoms with Crippen LogP contribution >= 0.6 is 11.6 Å². The maximum atomic E-state index is 10.3. The number of carbonyl (C=O) groups is 1. The third-order valence-electron chi connectivity index (χ3n) is 3.90. The summed E-state index contributed by atoms with van der Waals surface area (Å²) in [5, 5.41) is 0.687. The van der Waals surface area contributed by atoms with Crippen molar-refractivity contribution in [3.8, 4) is 0 Å². The second-order valence-corrected chi connectivity index (χ2v) is 6.66. The number of carbonyl (C=O) groups excluding carboxylic acids is 1. The van der Waals surface area contributed by atoms with Crippen LogP contribution in [0.4, 0.5) is 0 Å². The van der Waals surface area contributed by atoms with Crippen LogP contribution < -0.4 is 0 Å². The number of halogens is 1. The minimum atomic E-state index is 0.231.